The van der Waals surface area contributed by atoms with Gasteiger partial charge in [-0.2, -0.15) is 0 Å². The molecule has 2 nitrogen and oxygen atoms in total. The molecular formula is C16H35NO. The second-order valence-electron chi connectivity index (χ2n) is 6.16. The summed E-state index contributed by atoms with van der Waals surface area (Å²) in [5.74, 6) is 0.868. The third-order valence-electron chi connectivity index (χ3n) is 3.63. The quantitative estimate of drug-likeness (QED) is 0.482. The highest BCUT2D eigenvalue weighted by Crippen LogP contribution is 2.10. The first-order valence-electron chi connectivity index (χ1n) is 7.78. The van der Waals surface area contributed by atoms with Crippen molar-refractivity contribution in [3.05, 3.63) is 0 Å². The molecule has 0 radical (unpaired) electrons. The number of unbranched alkanes of at least 4 members (excludes halogenated alkanes) is 4. The van der Waals surface area contributed by atoms with Gasteiger partial charge in [-0.1, -0.05) is 46.0 Å². The van der Waals surface area contributed by atoms with E-state index in [2.05, 4.69) is 39.8 Å². The van der Waals surface area contributed by atoms with E-state index in [9.17, 15) is 0 Å². The zero-order chi connectivity index (χ0) is 13.8. The van der Waals surface area contributed by atoms with Gasteiger partial charge in [0.1, 0.15) is 0 Å². The minimum atomic E-state index is 0.626. The largest absolute Gasteiger partial charge is 0.381 e. The van der Waals surface area contributed by atoms with Crippen LogP contribution in [0, 0.1) is 5.92 Å². The lowest BCUT2D eigenvalue weighted by Crippen LogP contribution is -2.25. The summed E-state index contributed by atoms with van der Waals surface area (Å²) < 4.78 is 5.67. The topological polar surface area (TPSA) is 12.5 Å². The Kier molecular flexibility index (Phi) is 11.9. The normalized spacial score (nSPS) is 13.5. The molecule has 0 N–H and O–H groups in total. The van der Waals surface area contributed by atoms with Crippen LogP contribution in [0.15, 0.2) is 0 Å². The van der Waals surface area contributed by atoms with Crippen molar-refractivity contribution in [3.8, 4) is 0 Å². The van der Waals surface area contributed by atoms with Crippen molar-refractivity contribution in [2.45, 2.75) is 71.8 Å². The summed E-state index contributed by atoms with van der Waals surface area (Å²) in [6, 6.07) is 0.626. The molecule has 0 bridgehead atoms. The van der Waals surface area contributed by atoms with E-state index in [1.54, 1.807) is 0 Å². The molecule has 110 valence electrons. The number of hydrogen-bond donors (Lipinski definition) is 0. The van der Waals surface area contributed by atoms with Crippen molar-refractivity contribution in [3.63, 3.8) is 0 Å². The lowest BCUT2D eigenvalue weighted by Gasteiger charge is -2.19. The fraction of sp³-hybridized carbons (Fsp3) is 1.00. The third-order valence-corrected chi connectivity index (χ3v) is 3.63. The Morgan fingerprint density at radius 1 is 0.778 bits per heavy atom. The summed E-state index contributed by atoms with van der Waals surface area (Å²) in [5.41, 5.74) is 0. The molecule has 1 atom stereocenters. The monoisotopic (exact) mass is 257 g/mol. The highest BCUT2D eigenvalue weighted by atomic mass is 16.5. The molecular weight excluding hydrogens is 222 g/mol. The van der Waals surface area contributed by atoms with Gasteiger partial charge in [-0.05, 0) is 39.8 Å². The van der Waals surface area contributed by atoms with Crippen LogP contribution < -0.4 is 0 Å². The molecule has 1 unspecified atom stereocenters. The molecule has 0 aromatic rings. The zero-order valence-corrected chi connectivity index (χ0v) is 13.4. The van der Waals surface area contributed by atoms with Gasteiger partial charge in [0.15, 0.2) is 0 Å². The maximum absolute atomic E-state index is 5.67. The molecule has 0 aromatic heterocycles. The van der Waals surface area contributed by atoms with Gasteiger partial charge in [-0.15, -0.1) is 0 Å². The van der Waals surface area contributed by atoms with Crippen molar-refractivity contribution in [1.29, 1.82) is 0 Å². The van der Waals surface area contributed by atoms with Gasteiger partial charge in [0.2, 0.25) is 0 Å². The molecule has 0 amide bonds. The van der Waals surface area contributed by atoms with Crippen molar-refractivity contribution < 1.29 is 4.74 Å². The molecule has 0 aliphatic rings. The van der Waals surface area contributed by atoms with Gasteiger partial charge < -0.3 is 9.64 Å². The molecule has 18 heavy (non-hydrogen) atoms. The number of nitrogens with zero attached hydrogens (tertiary/aromatic N) is 1. The predicted octanol–water partition coefficient (Wildman–Crippen LogP) is 4.34. The van der Waals surface area contributed by atoms with Gasteiger partial charge in [-0.25, -0.2) is 0 Å². The minimum absolute atomic E-state index is 0.626. The van der Waals surface area contributed by atoms with Gasteiger partial charge in [0, 0.05) is 19.3 Å². The molecule has 0 aromatic carbocycles. The lowest BCUT2D eigenvalue weighted by atomic mass is 10.0. The first-order chi connectivity index (χ1) is 8.54. The van der Waals surface area contributed by atoms with E-state index in [1.807, 2.05) is 0 Å². The molecule has 0 heterocycles. The van der Waals surface area contributed by atoms with Crippen LogP contribution in [0.3, 0.4) is 0 Å². The molecule has 0 saturated heterocycles. The Morgan fingerprint density at radius 3 is 2.00 bits per heavy atom. The summed E-state index contributed by atoms with van der Waals surface area (Å²) >= 11 is 0. The van der Waals surface area contributed by atoms with E-state index in [1.165, 1.54) is 38.5 Å². The summed E-state index contributed by atoms with van der Waals surface area (Å²) in [7, 11) is 4.25. The summed E-state index contributed by atoms with van der Waals surface area (Å²) in [4.78, 5) is 2.25. The van der Waals surface area contributed by atoms with Crippen LogP contribution in [0.25, 0.3) is 0 Å². The minimum Gasteiger partial charge on any atom is -0.381 e. The van der Waals surface area contributed by atoms with Gasteiger partial charge in [0.05, 0.1) is 0 Å². The number of rotatable bonds is 12. The van der Waals surface area contributed by atoms with Crippen molar-refractivity contribution in [2.75, 3.05) is 27.3 Å². The van der Waals surface area contributed by atoms with Crippen LogP contribution in [0.2, 0.25) is 0 Å². The van der Waals surface area contributed by atoms with E-state index in [0.717, 1.165) is 25.6 Å². The molecule has 0 rings (SSSR count). The van der Waals surface area contributed by atoms with Gasteiger partial charge in [-0.3, -0.25) is 0 Å². The lowest BCUT2D eigenvalue weighted by molar-refractivity contribution is 0.110. The Morgan fingerprint density at radius 2 is 1.39 bits per heavy atom. The fourth-order valence-electron chi connectivity index (χ4n) is 1.90. The van der Waals surface area contributed by atoms with Crippen molar-refractivity contribution in [1.82, 2.24) is 4.90 Å². The van der Waals surface area contributed by atoms with E-state index < -0.39 is 0 Å². The molecule has 0 aliphatic carbocycles. The van der Waals surface area contributed by atoms with Crippen LogP contribution in [-0.2, 0) is 4.74 Å². The average Bonchev–Trinajstić information content (AvgIpc) is 2.30. The Labute approximate surface area is 115 Å². The van der Waals surface area contributed by atoms with Crippen molar-refractivity contribution >= 4 is 0 Å². The molecule has 0 fully saturated rings. The van der Waals surface area contributed by atoms with E-state index in [4.69, 9.17) is 4.74 Å². The Bertz CT molecular complexity index is 168. The first kappa shape index (κ1) is 17.9. The van der Waals surface area contributed by atoms with Gasteiger partial charge in [0.25, 0.3) is 0 Å². The summed E-state index contributed by atoms with van der Waals surface area (Å²) in [6.45, 7) is 8.72. The molecule has 2 heteroatoms. The summed E-state index contributed by atoms with van der Waals surface area (Å²) in [6.07, 6.45) is 9.28. The Hall–Kier alpha value is -0.0800. The first-order valence-corrected chi connectivity index (χ1v) is 7.78. The average molecular weight is 257 g/mol. The molecule has 0 saturated carbocycles. The van der Waals surface area contributed by atoms with Crippen LogP contribution in [0.5, 0.6) is 0 Å². The van der Waals surface area contributed by atoms with Crippen LogP contribution in [-0.4, -0.2) is 38.3 Å². The standard InChI is InChI=1S/C16H35NO/c1-15(2)11-9-7-6-8-10-13-18-14-12-16(3)17(4)5/h15-16H,6-14H2,1-5H3. The second kappa shape index (κ2) is 12.0. The van der Waals surface area contributed by atoms with Crippen LogP contribution in [0.4, 0.5) is 0 Å². The molecule has 0 spiro atoms. The van der Waals surface area contributed by atoms with E-state index in [-0.39, 0.29) is 0 Å². The highest BCUT2D eigenvalue weighted by molar-refractivity contribution is 4.57. The zero-order valence-electron chi connectivity index (χ0n) is 13.4. The maximum atomic E-state index is 5.67. The fourth-order valence-corrected chi connectivity index (χ4v) is 1.90. The maximum Gasteiger partial charge on any atom is 0.0480 e. The summed E-state index contributed by atoms with van der Waals surface area (Å²) in [5, 5.41) is 0. The van der Waals surface area contributed by atoms with E-state index in [0.29, 0.717) is 6.04 Å². The molecule has 0 aliphatic heterocycles. The predicted molar refractivity (Wildman–Crippen MR) is 81.1 cm³/mol. The SMILES string of the molecule is CC(C)CCCCCCCOCCC(C)N(C)C. The number of ether oxygens (including phenoxy) is 1. The highest BCUT2D eigenvalue weighted by Gasteiger charge is 2.03. The van der Waals surface area contributed by atoms with Crippen LogP contribution >= 0.6 is 0 Å². The van der Waals surface area contributed by atoms with Gasteiger partial charge >= 0.3 is 0 Å². The smallest absolute Gasteiger partial charge is 0.0480 e. The van der Waals surface area contributed by atoms with Crippen LogP contribution in [0.1, 0.15) is 65.7 Å². The number of hydrogen-bond acceptors (Lipinski definition) is 2. The van der Waals surface area contributed by atoms with Crippen molar-refractivity contribution in [2.24, 2.45) is 5.92 Å². The Balaban J connectivity index is 3.08. The third kappa shape index (κ3) is 12.4. The second-order valence-corrected chi connectivity index (χ2v) is 6.16. The van der Waals surface area contributed by atoms with E-state index >= 15 is 0 Å².